The molecule has 0 saturated heterocycles. The van der Waals surface area contributed by atoms with Gasteiger partial charge in [0.1, 0.15) is 0 Å². The zero-order chi connectivity index (χ0) is 42.4. The molecular formula is C60H50BrN. The summed E-state index contributed by atoms with van der Waals surface area (Å²) < 4.78 is 1.09. The summed E-state index contributed by atoms with van der Waals surface area (Å²) in [4.78, 5) is 0. The van der Waals surface area contributed by atoms with Crippen molar-refractivity contribution in [1.29, 1.82) is 0 Å². The van der Waals surface area contributed by atoms with Crippen molar-refractivity contribution in [2.75, 3.05) is 5.32 Å². The molecule has 4 atom stereocenters. The van der Waals surface area contributed by atoms with Gasteiger partial charge in [-0.05, 0) is 151 Å². The van der Waals surface area contributed by atoms with Gasteiger partial charge in [-0.2, -0.15) is 0 Å². The molecule has 10 rings (SSSR count). The Hall–Kier alpha value is -6.48. The minimum absolute atomic E-state index is 0.194. The van der Waals surface area contributed by atoms with Crippen LogP contribution < -0.4 is 5.32 Å². The molecule has 8 aromatic carbocycles. The Bertz CT molecular complexity index is 3010. The summed E-state index contributed by atoms with van der Waals surface area (Å²) in [5, 5.41) is 6.20. The van der Waals surface area contributed by atoms with Crippen LogP contribution in [0.15, 0.2) is 222 Å². The van der Waals surface area contributed by atoms with Gasteiger partial charge in [0.2, 0.25) is 0 Å². The molecule has 0 fully saturated rings. The molecule has 1 nitrogen and oxygen atoms in total. The van der Waals surface area contributed by atoms with Crippen molar-refractivity contribution in [2.24, 2.45) is 17.8 Å². The molecule has 302 valence electrons. The molecule has 0 aliphatic heterocycles. The third kappa shape index (κ3) is 7.37. The van der Waals surface area contributed by atoms with Crippen molar-refractivity contribution in [3.8, 4) is 44.5 Å². The maximum atomic E-state index is 3.66. The number of hydrogen-bond acceptors (Lipinski definition) is 1. The number of anilines is 2. The topological polar surface area (TPSA) is 12.0 Å². The molecule has 0 saturated carbocycles. The molecule has 2 aliphatic rings. The highest BCUT2D eigenvalue weighted by Crippen LogP contribution is 2.55. The number of allylic oxidation sites excluding steroid dienone is 6. The maximum absolute atomic E-state index is 3.66. The van der Waals surface area contributed by atoms with Crippen LogP contribution in [0.3, 0.4) is 0 Å². The lowest BCUT2D eigenvalue weighted by molar-refractivity contribution is 0.535. The molecule has 0 spiro atoms. The number of fused-ring (bicyclic) bond motifs is 1. The smallest absolute Gasteiger partial charge is 0.0384 e. The summed E-state index contributed by atoms with van der Waals surface area (Å²) in [6, 6.07) is 68.7. The Morgan fingerprint density at radius 1 is 0.484 bits per heavy atom. The van der Waals surface area contributed by atoms with E-state index in [4.69, 9.17) is 0 Å². The van der Waals surface area contributed by atoms with E-state index in [1.165, 1.54) is 77.6 Å². The molecule has 62 heavy (non-hydrogen) atoms. The van der Waals surface area contributed by atoms with Crippen molar-refractivity contribution < 1.29 is 0 Å². The monoisotopic (exact) mass is 863 g/mol. The maximum Gasteiger partial charge on any atom is 0.0384 e. The average Bonchev–Trinajstić information content (AvgIpc) is 3.32. The van der Waals surface area contributed by atoms with Gasteiger partial charge in [-0.1, -0.05) is 194 Å². The predicted molar refractivity (Wildman–Crippen MR) is 269 cm³/mol. The Morgan fingerprint density at radius 3 is 1.69 bits per heavy atom. The lowest BCUT2D eigenvalue weighted by atomic mass is 9.58. The van der Waals surface area contributed by atoms with Crippen LogP contribution in [-0.2, 0) is 5.41 Å². The fourth-order valence-corrected chi connectivity index (χ4v) is 10.6. The van der Waals surface area contributed by atoms with E-state index in [1.54, 1.807) is 5.57 Å². The fraction of sp³-hybridized carbons (Fsp3) is 0.133. The van der Waals surface area contributed by atoms with Crippen LogP contribution >= 0.6 is 15.9 Å². The van der Waals surface area contributed by atoms with E-state index in [-0.39, 0.29) is 17.3 Å². The second-order valence-electron chi connectivity index (χ2n) is 17.4. The zero-order valence-electron chi connectivity index (χ0n) is 35.7. The quantitative estimate of drug-likeness (QED) is 0.150. The van der Waals surface area contributed by atoms with E-state index in [1.807, 2.05) is 0 Å². The highest BCUT2D eigenvalue weighted by atomic mass is 79.9. The van der Waals surface area contributed by atoms with Crippen molar-refractivity contribution >= 4 is 43.7 Å². The summed E-state index contributed by atoms with van der Waals surface area (Å²) in [7, 11) is 0. The first-order valence-corrected chi connectivity index (χ1v) is 22.7. The van der Waals surface area contributed by atoms with Gasteiger partial charge in [0.15, 0.2) is 0 Å². The second-order valence-corrected chi connectivity index (χ2v) is 18.3. The summed E-state index contributed by atoms with van der Waals surface area (Å²) in [5.41, 5.74) is 18.7. The first-order valence-electron chi connectivity index (χ1n) is 21.9. The molecular weight excluding hydrogens is 815 g/mol. The Morgan fingerprint density at radius 2 is 1.02 bits per heavy atom. The van der Waals surface area contributed by atoms with E-state index in [2.05, 4.69) is 255 Å². The SMILES string of the molecule is CC1C=CC(C)(c2ccc(-c3ccccc3)cc2-c2ccc(Nc3ccc(-c4ccccc4)cc3)cc2)C2=C1C(C)C=C(c1cc(-c3ccc(Br)cc3)c3ccccc3c1)C2C. The Labute approximate surface area is 375 Å². The lowest BCUT2D eigenvalue weighted by Crippen LogP contribution is -2.35. The molecule has 0 heterocycles. The lowest BCUT2D eigenvalue weighted by Gasteiger charge is -2.45. The van der Waals surface area contributed by atoms with Gasteiger partial charge in [-0.15, -0.1) is 0 Å². The van der Waals surface area contributed by atoms with E-state index >= 15 is 0 Å². The summed E-state index contributed by atoms with van der Waals surface area (Å²) in [6.45, 7) is 9.72. The highest BCUT2D eigenvalue weighted by molar-refractivity contribution is 9.10. The van der Waals surface area contributed by atoms with Crippen LogP contribution in [0.2, 0.25) is 0 Å². The van der Waals surface area contributed by atoms with Gasteiger partial charge in [0.25, 0.3) is 0 Å². The van der Waals surface area contributed by atoms with Crippen molar-refractivity contribution in [2.45, 2.75) is 33.1 Å². The van der Waals surface area contributed by atoms with Crippen LogP contribution in [0.1, 0.15) is 38.8 Å². The molecule has 2 heteroatoms. The normalized spacial score (nSPS) is 19.6. The zero-order valence-corrected chi connectivity index (χ0v) is 37.3. The first-order chi connectivity index (χ1) is 30.2. The third-order valence-electron chi connectivity index (χ3n) is 13.4. The van der Waals surface area contributed by atoms with Crippen molar-refractivity contribution in [1.82, 2.24) is 0 Å². The predicted octanol–water partition coefficient (Wildman–Crippen LogP) is 17.1. The third-order valence-corrected chi connectivity index (χ3v) is 13.9. The molecule has 2 aliphatic carbocycles. The van der Waals surface area contributed by atoms with E-state index < -0.39 is 0 Å². The highest BCUT2D eigenvalue weighted by Gasteiger charge is 2.43. The van der Waals surface area contributed by atoms with E-state index in [9.17, 15) is 0 Å². The van der Waals surface area contributed by atoms with Gasteiger partial charge in [0.05, 0.1) is 0 Å². The van der Waals surface area contributed by atoms with Gasteiger partial charge in [-0.25, -0.2) is 0 Å². The molecule has 0 radical (unpaired) electrons. The molecule has 0 aromatic heterocycles. The standard InChI is InChI=1S/C60H50BrN/c1-39-33-34-60(4,59-41(3)54(35-40(2)58(39)59)49-36-48-17-11-12-18-53(48)55(38-49)45-19-26-50(61)27-20-45)57-32-25-47(43-15-9-6-10-16-43)37-56(57)46-23-30-52(31-24-46)62-51-28-21-44(22-29-51)42-13-7-5-8-14-42/h5-41,62H,1-4H3. The number of halogens is 1. The minimum Gasteiger partial charge on any atom is -0.356 e. The molecule has 8 aromatic rings. The molecule has 4 unspecified atom stereocenters. The second kappa shape index (κ2) is 16.4. The van der Waals surface area contributed by atoms with Gasteiger partial charge >= 0.3 is 0 Å². The van der Waals surface area contributed by atoms with Gasteiger partial charge < -0.3 is 5.32 Å². The summed E-state index contributed by atoms with van der Waals surface area (Å²) >= 11 is 3.66. The number of benzene rings is 8. The first kappa shape index (κ1) is 39.6. The van der Waals surface area contributed by atoms with Gasteiger partial charge in [0, 0.05) is 27.2 Å². The summed E-state index contributed by atoms with van der Waals surface area (Å²) in [5.74, 6) is 0.832. The van der Waals surface area contributed by atoms with Crippen LogP contribution in [0.5, 0.6) is 0 Å². The van der Waals surface area contributed by atoms with Gasteiger partial charge in [-0.3, -0.25) is 0 Å². The molecule has 1 N–H and O–H groups in total. The van der Waals surface area contributed by atoms with E-state index in [0.29, 0.717) is 5.92 Å². The van der Waals surface area contributed by atoms with Crippen LogP contribution in [0.4, 0.5) is 11.4 Å². The van der Waals surface area contributed by atoms with E-state index in [0.717, 1.165) is 15.8 Å². The summed E-state index contributed by atoms with van der Waals surface area (Å²) in [6.07, 6.45) is 7.55. The Balaban J connectivity index is 1.05. The number of nitrogens with one attached hydrogen (secondary N) is 1. The Kier molecular flexibility index (Phi) is 10.5. The molecule has 0 bridgehead atoms. The largest absolute Gasteiger partial charge is 0.356 e. The van der Waals surface area contributed by atoms with Crippen LogP contribution in [0, 0.1) is 17.8 Å². The number of rotatable bonds is 8. The number of hydrogen-bond donors (Lipinski definition) is 1. The average molecular weight is 865 g/mol. The van der Waals surface area contributed by atoms with Crippen molar-refractivity contribution in [3.63, 3.8) is 0 Å². The van der Waals surface area contributed by atoms with Crippen LogP contribution in [-0.4, -0.2) is 0 Å². The van der Waals surface area contributed by atoms with Crippen LogP contribution in [0.25, 0.3) is 60.9 Å². The van der Waals surface area contributed by atoms with Crippen molar-refractivity contribution in [3.05, 3.63) is 233 Å². The molecule has 0 amide bonds. The minimum atomic E-state index is -0.345. The fourth-order valence-electron chi connectivity index (χ4n) is 10.3.